The van der Waals surface area contributed by atoms with E-state index in [0.29, 0.717) is 0 Å². The molecule has 0 bridgehead atoms. The zero-order valence-electron chi connectivity index (χ0n) is 12.7. The molecule has 2 aromatic carbocycles. The first kappa shape index (κ1) is 14.5. The molecule has 2 aromatic rings. The van der Waals surface area contributed by atoms with E-state index < -0.39 is 0 Å². The van der Waals surface area contributed by atoms with Crippen molar-refractivity contribution in [3.63, 3.8) is 0 Å². The molecule has 0 radical (unpaired) electrons. The quantitative estimate of drug-likeness (QED) is 0.439. The molecule has 110 valence electrons. The Morgan fingerprint density at radius 1 is 0.864 bits per heavy atom. The Balaban J connectivity index is 1.66. The van der Waals surface area contributed by atoms with E-state index >= 15 is 0 Å². The van der Waals surface area contributed by atoms with Crippen molar-refractivity contribution < 1.29 is 4.79 Å². The zero-order chi connectivity index (χ0) is 15.2. The topological polar surface area (TPSA) is 17.1 Å². The van der Waals surface area contributed by atoms with Gasteiger partial charge in [-0.15, -0.1) is 0 Å². The van der Waals surface area contributed by atoms with Gasteiger partial charge >= 0.3 is 0 Å². The second kappa shape index (κ2) is 7.04. The van der Waals surface area contributed by atoms with Gasteiger partial charge in [0.2, 0.25) is 0 Å². The third kappa shape index (κ3) is 3.62. The lowest BCUT2D eigenvalue weighted by molar-refractivity contribution is 0.104. The Labute approximate surface area is 132 Å². The Morgan fingerprint density at radius 3 is 2.45 bits per heavy atom. The summed E-state index contributed by atoms with van der Waals surface area (Å²) in [4.78, 5) is 12.2. The SMILES string of the molecule is O=C(C=CC=Cc1ccccc1)c1ccc2c(c1)CCCC2. The molecular formula is C21H20O. The number of rotatable bonds is 4. The minimum Gasteiger partial charge on any atom is -0.289 e. The van der Waals surface area contributed by atoms with E-state index in [-0.39, 0.29) is 5.78 Å². The maximum Gasteiger partial charge on any atom is 0.185 e. The number of aryl methyl sites for hydroxylation is 2. The zero-order valence-corrected chi connectivity index (χ0v) is 12.7. The van der Waals surface area contributed by atoms with Gasteiger partial charge < -0.3 is 0 Å². The Bertz CT molecular complexity index is 708. The average molecular weight is 288 g/mol. The normalized spacial score (nSPS) is 14.4. The highest BCUT2D eigenvalue weighted by atomic mass is 16.1. The van der Waals surface area contributed by atoms with Crippen molar-refractivity contribution in [3.8, 4) is 0 Å². The third-order valence-corrected chi connectivity index (χ3v) is 4.08. The standard InChI is InChI=1S/C21H20O/c22-21(13-7-4-10-17-8-2-1-3-9-17)20-15-14-18-11-5-6-12-19(18)16-20/h1-4,7-10,13-16H,5-6,11-12H2. The summed E-state index contributed by atoms with van der Waals surface area (Å²) in [6.45, 7) is 0. The molecule has 1 aliphatic carbocycles. The molecular weight excluding hydrogens is 268 g/mol. The van der Waals surface area contributed by atoms with Gasteiger partial charge in [0.15, 0.2) is 5.78 Å². The summed E-state index contributed by atoms with van der Waals surface area (Å²) in [5.74, 6) is 0.0751. The summed E-state index contributed by atoms with van der Waals surface area (Å²) in [5.41, 5.74) is 4.69. The van der Waals surface area contributed by atoms with Crippen LogP contribution in [0.25, 0.3) is 6.08 Å². The van der Waals surface area contributed by atoms with Crippen molar-refractivity contribution in [1.29, 1.82) is 0 Å². The molecule has 0 saturated heterocycles. The van der Waals surface area contributed by atoms with Gasteiger partial charge in [-0.05, 0) is 54.5 Å². The smallest absolute Gasteiger partial charge is 0.185 e. The highest BCUT2D eigenvalue weighted by Gasteiger charge is 2.11. The van der Waals surface area contributed by atoms with Crippen molar-refractivity contribution in [1.82, 2.24) is 0 Å². The van der Waals surface area contributed by atoms with Crippen LogP contribution in [0.3, 0.4) is 0 Å². The van der Waals surface area contributed by atoms with E-state index in [0.717, 1.165) is 24.0 Å². The molecule has 0 N–H and O–H groups in total. The fourth-order valence-corrected chi connectivity index (χ4v) is 2.86. The van der Waals surface area contributed by atoms with Crippen LogP contribution in [0, 0.1) is 0 Å². The van der Waals surface area contributed by atoms with Crippen LogP contribution < -0.4 is 0 Å². The molecule has 3 rings (SSSR count). The van der Waals surface area contributed by atoms with Crippen LogP contribution in [-0.2, 0) is 12.8 Å². The molecule has 0 unspecified atom stereocenters. The first-order valence-electron chi connectivity index (χ1n) is 7.89. The molecule has 0 atom stereocenters. The number of ketones is 1. The number of hydrogen-bond acceptors (Lipinski definition) is 1. The van der Waals surface area contributed by atoms with Gasteiger partial charge in [0.25, 0.3) is 0 Å². The highest BCUT2D eigenvalue weighted by Crippen LogP contribution is 2.22. The van der Waals surface area contributed by atoms with Gasteiger partial charge in [0.05, 0.1) is 0 Å². The first-order valence-corrected chi connectivity index (χ1v) is 7.89. The Kier molecular flexibility index (Phi) is 4.65. The van der Waals surface area contributed by atoms with Gasteiger partial charge in [-0.3, -0.25) is 4.79 Å². The third-order valence-electron chi connectivity index (χ3n) is 4.08. The second-order valence-corrected chi connectivity index (χ2v) is 5.68. The summed E-state index contributed by atoms with van der Waals surface area (Å²) < 4.78 is 0. The molecule has 0 fully saturated rings. The van der Waals surface area contributed by atoms with Gasteiger partial charge in [-0.25, -0.2) is 0 Å². The largest absolute Gasteiger partial charge is 0.289 e. The molecule has 1 aliphatic rings. The summed E-state index contributed by atoms with van der Waals surface area (Å²) in [6, 6.07) is 16.2. The van der Waals surface area contributed by atoms with Crippen molar-refractivity contribution in [3.05, 3.63) is 89.0 Å². The highest BCUT2D eigenvalue weighted by molar-refractivity contribution is 6.04. The molecule has 0 aliphatic heterocycles. The monoisotopic (exact) mass is 288 g/mol. The van der Waals surface area contributed by atoms with Crippen LogP contribution in [0.5, 0.6) is 0 Å². The number of carbonyl (C=O) groups excluding carboxylic acids is 1. The molecule has 1 heteroatoms. The number of benzene rings is 2. The molecule has 22 heavy (non-hydrogen) atoms. The summed E-state index contributed by atoms with van der Waals surface area (Å²) in [5, 5.41) is 0. The van der Waals surface area contributed by atoms with E-state index in [4.69, 9.17) is 0 Å². The molecule has 0 saturated carbocycles. The van der Waals surface area contributed by atoms with E-state index in [1.54, 1.807) is 6.08 Å². The summed E-state index contributed by atoms with van der Waals surface area (Å²) >= 11 is 0. The lowest BCUT2D eigenvalue weighted by Crippen LogP contribution is -2.05. The van der Waals surface area contributed by atoms with Crippen LogP contribution in [0.2, 0.25) is 0 Å². The maximum absolute atomic E-state index is 12.2. The van der Waals surface area contributed by atoms with Crippen molar-refractivity contribution in [2.45, 2.75) is 25.7 Å². The van der Waals surface area contributed by atoms with Crippen molar-refractivity contribution >= 4 is 11.9 Å². The molecule has 1 nitrogen and oxygen atoms in total. The van der Waals surface area contributed by atoms with Crippen LogP contribution in [-0.4, -0.2) is 5.78 Å². The van der Waals surface area contributed by atoms with Gasteiger partial charge in [0, 0.05) is 5.56 Å². The summed E-state index contributed by atoms with van der Waals surface area (Å²) in [7, 11) is 0. The predicted molar refractivity (Wildman–Crippen MR) is 92.0 cm³/mol. The van der Waals surface area contributed by atoms with Crippen LogP contribution in [0.1, 0.15) is 39.9 Å². The average Bonchev–Trinajstić information content (AvgIpc) is 2.59. The second-order valence-electron chi connectivity index (χ2n) is 5.68. The van der Waals surface area contributed by atoms with Gasteiger partial charge in [0.1, 0.15) is 0 Å². The van der Waals surface area contributed by atoms with Crippen molar-refractivity contribution in [2.24, 2.45) is 0 Å². The number of carbonyl (C=O) groups is 1. The van der Waals surface area contributed by atoms with Gasteiger partial charge in [-0.1, -0.05) is 60.7 Å². The van der Waals surface area contributed by atoms with E-state index in [9.17, 15) is 4.79 Å². The van der Waals surface area contributed by atoms with Crippen LogP contribution in [0.15, 0.2) is 66.8 Å². The fourth-order valence-electron chi connectivity index (χ4n) is 2.86. The van der Waals surface area contributed by atoms with Gasteiger partial charge in [-0.2, -0.15) is 0 Å². The number of fused-ring (bicyclic) bond motifs is 1. The summed E-state index contributed by atoms with van der Waals surface area (Å²) in [6.07, 6.45) is 12.1. The Hall–Kier alpha value is -2.41. The molecule has 0 amide bonds. The minimum absolute atomic E-state index is 0.0751. The predicted octanol–water partition coefficient (Wildman–Crippen LogP) is 5.02. The van der Waals surface area contributed by atoms with E-state index in [1.807, 2.05) is 54.6 Å². The van der Waals surface area contributed by atoms with E-state index in [1.165, 1.54) is 24.0 Å². The van der Waals surface area contributed by atoms with Crippen molar-refractivity contribution in [2.75, 3.05) is 0 Å². The van der Waals surface area contributed by atoms with Crippen LogP contribution >= 0.6 is 0 Å². The minimum atomic E-state index is 0.0751. The Morgan fingerprint density at radius 2 is 1.64 bits per heavy atom. The number of hydrogen-bond donors (Lipinski definition) is 0. The molecule has 0 heterocycles. The van der Waals surface area contributed by atoms with Crippen LogP contribution in [0.4, 0.5) is 0 Å². The fraction of sp³-hybridized carbons (Fsp3) is 0.190. The lowest BCUT2D eigenvalue weighted by atomic mass is 9.90. The maximum atomic E-state index is 12.2. The molecule has 0 spiro atoms. The first-order chi connectivity index (χ1) is 10.8. The van der Waals surface area contributed by atoms with E-state index in [2.05, 4.69) is 12.1 Å². The molecule has 0 aromatic heterocycles. The lowest BCUT2D eigenvalue weighted by Gasteiger charge is -2.15. The number of allylic oxidation sites excluding steroid dienone is 3.